The fourth-order valence-electron chi connectivity index (χ4n) is 4.13. The number of benzene rings is 2. The molecular formula is C25H25N5O2. The Bertz CT molecular complexity index is 1490. The van der Waals surface area contributed by atoms with E-state index in [2.05, 4.69) is 6.92 Å². The molecule has 3 heterocycles. The lowest BCUT2D eigenvalue weighted by Crippen LogP contribution is -2.20. The highest BCUT2D eigenvalue weighted by atomic mass is 16.5. The molecular weight excluding hydrogens is 402 g/mol. The van der Waals surface area contributed by atoms with Crippen molar-refractivity contribution in [3.05, 3.63) is 65.2 Å². The van der Waals surface area contributed by atoms with Crippen molar-refractivity contribution in [2.45, 2.75) is 39.2 Å². The lowest BCUT2D eigenvalue weighted by atomic mass is 10.2. The van der Waals surface area contributed by atoms with Gasteiger partial charge in [0, 0.05) is 12.6 Å². The molecule has 0 spiro atoms. The van der Waals surface area contributed by atoms with Crippen LogP contribution < -0.4 is 10.3 Å². The zero-order valence-electron chi connectivity index (χ0n) is 18.3. The number of methoxy groups -OCH3 is 1. The van der Waals surface area contributed by atoms with Crippen molar-refractivity contribution >= 4 is 33.2 Å². The number of unbranched alkanes of at least 4 members (excludes halogenated alkanes) is 3. The molecule has 0 bridgehead atoms. The van der Waals surface area contributed by atoms with Crippen molar-refractivity contribution in [1.29, 1.82) is 0 Å². The Hall–Kier alpha value is -3.74. The number of hydrogen-bond acceptors (Lipinski definition) is 5. The zero-order chi connectivity index (χ0) is 22.1. The molecule has 5 rings (SSSR count). The monoisotopic (exact) mass is 427 g/mol. The Morgan fingerprint density at radius 1 is 0.938 bits per heavy atom. The predicted molar refractivity (Wildman–Crippen MR) is 127 cm³/mol. The maximum atomic E-state index is 13.5. The largest absolute Gasteiger partial charge is 0.497 e. The first-order valence-electron chi connectivity index (χ1n) is 11.0. The molecule has 7 heteroatoms. The van der Waals surface area contributed by atoms with Crippen molar-refractivity contribution in [3.63, 3.8) is 0 Å². The van der Waals surface area contributed by atoms with E-state index in [9.17, 15) is 4.79 Å². The fourth-order valence-corrected chi connectivity index (χ4v) is 4.13. The van der Waals surface area contributed by atoms with Crippen molar-refractivity contribution in [3.8, 4) is 11.4 Å². The molecule has 0 aliphatic rings. The third-order valence-corrected chi connectivity index (χ3v) is 5.79. The third kappa shape index (κ3) is 3.39. The highest BCUT2D eigenvalue weighted by Gasteiger charge is 2.21. The molecule has 0 fully saturated rings. The van der Waals surface area contributed by atoms with Gasteiger partial charge in [-0.25, -0.2) is 15.0 Å². The molecule has 0 aliphatic heterocycles. The van der Waals surface area contributed by atoms with Gasteiger partial charge in [-0.05, 0) is 30.7 Å². The summed E-state index contributed by atoms with van der Waals surface area (Å²) >= 11 is 0. The second kappa shape index (κ2) is 8.42. The molecule has 5 aromatic rings. The maximum Gasteiger partial charge on any atom is 0.265 e. The van der Waals surface area contributed by atoms with Crippen molar-refractivity contribution in [2.75, 3.05) is 7.11 Å². The van der Waals surface area contributed by atoms with E-state index in [0.717, 1.165) is 48.2 Å². The van der Waals surface area contributed by atoms with Gasteiger partial charge < -0.3 is 4.74 Å². The number of fused-ring (bicyclic) bond motifs is 4. The molecule has 32 heavy (non-hydrogen) atoms. The van der Waals surface area contributed by atoms with Crippen LogP contribution >= 0.6 is 0 Å². The van der Waals surface area contributed by atoms with Gasteiger partial charge in [0.2, 0.25) is 0 Å². The summed E-state index contributed by atoms with van der Waals surface area (Å²) in [5.41, 5.74) is 4.00. The highest BCUT2D eigenvalue weighted by molar-refractivity contribution is 6.05. The number of ether oxygens (including phenoxy) is 1. The fraction of sp³-hybridized carbons (Fsp3) is 0.280. The summed E-state index contributed by atoms with van der Waals surface area (Å²) in [7, 11) is 1.63. The van der Waals surface area contributed by atoms with Gasteiger partial charge in [-0.1, -0.05) is 44.4 Å². The van der Waals surface area contributed by atoms with Gasteiger partial charge in [-0.3, -0.25) is 13.9 Å². The molecule has 0 aliphatic carbocycles. The SMILES string of the molecule is CCCCCCn1cnc2c(c1=O)c1nc3ccccc3nc1n2-c1cccc(OC)c1. The minimum Gasteiger partial charge on any atom is -0.497 e. The zero-order valence-corrected chi connectivity index (χ0v) is 18.3. The number of para-hydroxylation sites is 2. The summed E-state index contributed by atoms with van der Waals surface area (Å²) in [6.07, 6.45) is 6.01. The van der Waals surface area contributed by atoms with E-state index in [1.807, 2.05) is 53.1 Å². The molecule has 0 unspecified atom stereocenters. The molecule has 0 saturated carbocycles. The molecule has 0 saturated heterocycles. The molecule has 162 valence electrons. The minimum atomic E-state index is -0.0808. The molecule has 3 aromatic heterocycles. The standard InChI is InChI=1S/C25H25N5O2/c1-3-4-5-8-14-29-16-26-23-21(25(29)31)22-24(28-20-13-7-6-12-19(20)27-22)30(23)17-10-9-11-18(15-17)32-2/h6-7,9-13,15-16H,3-5,8,14H2,1-2H3. The summed E-state index contributed by atoms with van der Waals surface area (Å²) in [5.74, 6) is 0.718. The van der Waals surface area contributed by atoms with Crippen molar-refractivity contribution in [1.82, 2.24) is 24.1 Å². The number of nitrogens with zero attached hydrogens (tertiary/aromatic N) is 5. The van der Waals surface area contributed by atoms with Crippen LogP contribution in [0.2, 0.25) is 0 Å². The van der Waals surface area contributed by atoms with Gasteiger partial charge in [0.05, 0.1) is 30.2 Å². The summed E-state index contributed by atoms with van der Waals surface area (Å²) in [6.45, 7) is 2.82. The first kappa shape index (κ1) is 20.2. The summed E-state index contributed by atoms with van der Waals surface area (Å²) in [6, 6.07) is 15.4. The van der Waals surface area contributed by atoms with Crippen LogP contribution in [-0.2, 0) is 6.54 Å². The van der Waals surface area contributed by atoms with E-state index >= 15 is 0 Å². The minimum absolute atomic E-state index is 0.0808. The Kier molecular flexibility index (Phi) is 5.31. The average molecular weight is 428 g/mol. The maximum absolute atomic E-state index is 13.5. The average Bonchev–Trinajstić information content (AvgIpc) is 3.15. The number of aromatic nitrogens is 5. The van der Waals surface area contributed by atoms with Gasteiger partial charge in [0.15, 0.2) is 11.3 Å². The normalized spacial score (nSPS) is 11.6. The second-order valence-corrected chi connectivity index (χ2v) is 7.92. The van der Waals surface area contributed by atoms with Crippen LogP contribution in [0.4, 0.5) is 0 Å². The molecule has 7 nitrogen and oxygen atoms in total. The van der Waals surface area contributed by atoms with Gasteiger partial charge >= 0.3 is 0 Å². The quantitative estimate of drug-likeness (QED) is 0.346. The van der Waals surface area contributed by atoms with Gasteiger partial charge in [0.1, 0.15) is 16.7 Å². The Morgan fingerprint density at radius 2 is 1.75 bits per heavy atom. The predicted octanol–water partition coefficient (Wildman–Crippen LogP) is 4.87. The van der Waals surface area contributed by atoms with E-state index in [1.165, 1.54) is 0 Å². The molecule has 0 atom stereocenters. The van der Waals surface area contributed by atoms with Crippen molar-refractivity contribution in [2.24, 2.45) is 0 Å². The molecule has 2 aromatic carbocycles. The van der Waals surface area contributed by atoms with Crippen LogP contribution in [-0.4, -0.2) is 31.2 Å². The lowest BCUT2D eigenvalue weighted by Gasteiger charge is -2.09. The van der Waals surface area contributed by atoms with E-state index in [-0.39, 0.29) is 5.56 Å². The lowest BCUT2D eigenvalue weighted by molar-refractivity contribution is 0.414. The summed E-state index contributed by atoms with van der Waals surface area (Å²) in [4.78, 5) is 27.9. The van der Waals surface area contributed by atoms with Crippen LogP contribution in [0.5, 0.6) is 5.75 Å². The van der Waals surface area contributed by atoms with Crippen LogP contribution in [0.15, 0.2) is 59.7 Å². The molecule has 0 radical (unpaired) electrons. The number of hydrogen-bond donors (Lipinski definition) is 0. The first-order valence-corrected chi connectivity index (χ1v) is 11.0. The van der Waals surface area contributed by atoms with E-state index in [4.69, 9.17) is 19.7 Å². The van der Waals surface area contributed by atoms with E-state index in [1.54, 1.807) is 18.0 Å². The molecule has 0 N–H and O–H groups in total. The number of rotatable bonds is 7. The Labute approximate surface area is 185 Å². The highest BCUT2D eigenvalue weighted by Crippen LogP contribution is 2.29. The first-order chi connectivity index (χ1) is 15.7. The van der Waals surface area contributed by atoms with Crippen LogP contribution in [0, 0.1) is 0 Å². The Morgan fingerprint density at radius 3 is 2.53 bits per heavy atom. The smallest absolute Gasteiger partial charge is 0.265 e. The number of aryl methyl sites for hydroxylation is 1. The van der Waals surface area contributed by atoms with E-state index < -0.39 is 0 Å². The van der Waals surface area contributed by atoms with Gasteiger partial charge in [-0.2, -0.15) is 0 Å². The van der Waals surface area contributed by atoms with Crippen LogP contribution in [0.25, 0.3) is 38.9 Å². The molecule has 0 amide bonds. The van der Waals surface area contributed by atoms with Gasteiger partial charge in [0.25, 0.3) is 5.56 Å². The second-order valence-electron chi connectivity index (χ2n) is 7.92. The van der Waals surface area contributed by atoms with Crippen molar-refractivity contribution < 1.29 is 4.74 Å². The van der Waals surface area contributed by atoms with E-state index in [0.29, 0.717) is 28.7 Å². The van der Waals surface area contributed by atoms with Crippen LogP contribution in [0.3, 0.4) is 0 Å². The summed E-state index contributed by atoms with van der Waals surface area (Å²) < 4.78 is 9.02. The summed E-state index contributed by atoms with van der Waals surface area (Å²) in [5, 5.41) is 0.499. The Balaban J connectivity index is 1.80. The van der Waals surface area contributed by atoms with Gasteiger partial charge in [-0.15, -0.1) is 0 Å². The van der Waals surface area contributed by atoms with Crippen LogP contribution in [0.1, 0.15) is 32.6 Å². The third-order valence-electron chi connectivity index (χ3n) is 5.79. The topological polar surface area (TPSA) is 74.8 Å².